The fraction of sp³-hybridized carbons (Fsp3) is 0.429. The van der Waals surface area contributed by atoms with Crippen LogP contribution in [-0.4, -0.2) is 44.0 Å². The fourth-order valence-electron chi connectivity index (χ4n) is 2.36. The second kappa shape index (κ2) is 5.73. The van der Waals surface area contributed by atoms with Crippen LogP contribution in [0.15, 0.2) is 24.3 Å². The molecule has 1 atom stereocenters. The van der Waals surface area contributed by atoms with Crippen LogP contribution in [0, 0.1) is 5.92 Å². The molecular weight excluding hydrogens is 244 g/mol. The van der Waals surface area contributed by atoms with E-state index in [1.807, 2.05) is 18.2 Å². The first-order chi connectivity index (χ1) is 9.17. The molecule has 1 aromatic carbocycles. The monoisotopic (exact) mass is 262 g/mol. The van der Waals surface area contributed by atoms with Crippen LogP contribution in [0.4, 0.5) is 5.69 Å². The molecule has 5 heteroatoms. The van der Waals surface area contributed by atoms with Crippen molar-refractivity contribution in [1.82, 2.24) is 4.90 Å². The van der Waals surface area contributed by atoms with Gasteiger partial charge in [0.2, 0.25) is 0 Å². The third-order valence-electron chi connectivity index (χ3n) is 3.44. The molecule has 5 nitrogen and oxygen atoms in total. The average molecular weight is 262 g/mol. The van der Waals surface area contributed by atoms with Crippen molar-refractivity contribution in [3.05, 3.63) is 29.8 Å². The highest BCUT2D eigenvalue weighted by Crippen LogP contribution is 2.22. The number of benzene rings is 1. The van der Waals surface area contributed by atoms with E-state index in [0.29, 0.717) is 25.1 Å². The Labute approximate surface area is 112 Å². The molecule has 1 saturated heterocycles. The summed E-state index contributed by atoms with van der Waals surface area (Å²) in [6, 6.07) is 7.37. The van der Waals surface area contributed by atoms with E-state index in [4.69, 9.17) is 4.74 Å². The van der Waals surface area contributed by atoms with Crippen molar-refractivity contribution in [2.75, 3.05) is 32.6 Å². The molecule has 1 amide bonds. The zero-order chi connectivity index (χ0) is 13.8. The smallest absolute Gasteiger partial charge is 0.310 e. The summed E-state index contributed by atoms with van der Waals surface area (Å²) in [5.74, 6) is -0.482. The van der Waals surface area contributed by atoms with Crippen molar-refractivity contribution in [3.8, 4) is 0 Å². The van der Waals surface area contributed by atoms with Crippen molar-refractivity contribution in [2.24, 2.45) is 5.92 Å². The van der Waals surface area contributed by atoms with Gasteiger partial charge in [0.15, 0.2) is 0 Å². The van der Waals surface area contributed by atoms with Gasteiger partial charge in [-0.2, -0.15) is 0 Å². The van der Waals surface area contributed by atoms with Crippen LogP contribution < -0.4 is 5.32 Å². The molecule has 1 aliphatic rings. The Hall–Kier alpha value is -2.04. The van der Waals surface area contributed by atoms with Crippen LogP contribution >= 0.6 is 0 Å². The first-order valence-electron chi connectivity index (χ1n) is 6.31. The molecule has 0 aromatic heterocycles. The van der Waals surface area contributed by atoms with Gasteiger partial charge in [-0.25, -0.2) is 0 Å². The van der Waals surface area contributed by atoms with Gasteiger partial charge in [-0.3, -0.25) is 9.59 Å². The number of likely N-dealkylation sites (tertiary alicyclic amines) is 1. The van der Waals surface area contributed by atoms with Gasteiger partial charge in [0.25, 0.3) is 5.91 Å². The number of nitrogens with one attached hydrogen (secondary N) is 1. The Morgan fingerprint density at radius 2 is 2.11 bits per heavy atom. The van der Waals surface area contributed by atoms with Crippen molar-refractivity contribution in [3.63, 3.8) is 0 Å². The van der Waals surface area contributed by atoms with E-state index in [1.54, 1.807) is 18.0 Å². The Balaban J connectivity index is 2.11. The maximum absolute atomic E-state index is 12.4. The minimum atomic E-state index is -0.239. The van der Waals surface area contributed by atoms with E-state index >= 15 is 0 Å². The normalized spacial score (nSPS) is 18.2. The highest BCUT2D eigenvalue weighted by molar-refractivity contribution is 6.00. The number of amides is 1. The maximum atomic E-state index is 12.4. The van der Waals surface area contributed by atoms with Gasteiger partial charge in [-0.1, -0.05) is 12.1 Å². The Bertz CT molecular complexity index is 487. The summed E-state index contributed by atoms with van der Waals surface area (Å²) in [6.07, 6.45) is 0.667. The van der Waals surface area contributed by atoms with Crippen molar-refractivity contribution < 1.29 is 14.3 Å². The number of hydrogen-bond acceptors (Lipinski definition) is 4. The number of rotatable bonds is 3. The van der Waals surface area contributed by atoms with Gasteiger partial charge >= 0.3 is 5.97 Å². The predicted octanol–water partition coefficient (Wildman–Crippen LogP) is 1.36. The minimum Gasteiger partial charge on any atom is -0.469 e. The number of para-hydroxylation sites is 1. The molecule has 0 bridgehead atoms. The molecule has 1 aliphatic heterocycles. The van der Waals surface area contributed by atoms with Crippen molar-refractivity contribution in [2.45, 2.75) is 6.42 Å². The summed E-state index contributed by atoms with van der Waals surface area (Å²) in [4.78, 5) is 25.6. The van der Waals surface area contributed by atoms with Crippen LogP contribution in [0.5, 0.6) is 0 Å². The summed E-state index contributed by atoms with van der Waals surface area (Å²) < 4.78 is 4.72. The summed E-state index contributed by atoms with van der Waals surface area (Å²) in [5.41, 5.74) is 1.43. The molecule has 0 saturated carbocycles. The van der Waals surface area contributed by atoms with Gasteiger partial charge in [-0.15, -0.1) is 0 Å². The lowest BCUT2D eigenvalue weighted by atomic mass is 10.1. The summed E-state index contributed by atoms with van der Waals surface area (Å²) >= 11 is 0. The van der Waals surface area contributed by atoms with E-state index in [-0.39, 0.29) is 17.8 Å². The molecule has 0 spiro atoms. The molecular formula is C14H18N2O3. The minimum absolute atomic E-state index is 0.0450. The van der Waals surface area contributed by atoms with E-state index in [9.17, 15) is 9.59 Å². The standard InChI is InChI=1S/C14H18N2O3/c1-15-12-6-4-3-5-11(12)13(17)16-8-7-10(9-16)14(18)19-2/h3-6,10,15H,7-9H2,1-2H3. The highest BCUT2D eigenvalue weighted by Gasteiger charge is 2.32. The van der Waals surface area contributed by atoms with Crippen LogP contribution in [-0.2, 0) is 9.53 Å². The van der Waals surface area contributed by atoms with E-state index in [1.165, 1.54) is 7.11 Å². The molecule has 2 rings (SSSR count). The highest BCUT2D eigenvalue weighted by atomic mass is 16.5. The second-order valence-corrected chi connectivity index (χ2v) is 4.56. The molecule has 0 aliphatic carbocycles. The molecule has 1 N–H and O–H groups in total. The van der Waals surface area contributed by atoms with Gasteiger partial charge in [0, 0.05) is 25.8 Å². The number of ether oxygens (including phenoxy) is 1. The largest absolute Gasteiger partial charge is 0.469 e. The summed E-state index contributed by atoms with van der Waals surface area (Å²) in [7, 11) is 3.16. The predicted molar refractivity (Wildman–Crippen MR) is 72.0 cm³/mol. The second-order valence-electron chi connectivity index (χ2n) is 4.56. The van der Waals surface area contributed by atoms with Crippen molar-refractivity contribution >= 4 is 17.6 Å². The number of nitrogens with zero attached hydrogens (tertiary/aromatic N) is 1. The van der Waals surface area contributed by atoms with E-state index < -0.39 is 0 Å². The number of carbonyl (C=O) groups is 2. The Morgan fingerprint density at radius 3 is 2.79 bits per heavy atom. The number of carbonyl (C=O) groups excluding carboxylic acids is 2. The van der Waals surface area contributed by atoms with Gasteiger partial charge in [0.05, 0.1) is 18.6 Å². The molecule has 1 heterocycles. The Morgan fingerprint density at radius 1 is 1.37 bits per heavy atom. The maximum Gasteiger partial charge on any atom is 0.310 e. The lowest BCUT2D eigenvalue weighted by molar-refractivity contribution is -0.144. The van der Waals surface area contributed by atoms with E-state index in [2.05, 4.69) is 5.32 Å². The quantitative estimate of drug-likeness (QED) is 0.836. The molecule has 102 valence electrons. The van der Waals surface area contributed by atoms with E-state index in [0.717, 1.165) is 5.69 Å². The zero-order valence-corrected chi connectivity index (χ0v) is 11.2. The SMILES string of the molecule is CNc1ccccc1C(=O)N1CCC(C(=O)OC)C1. The fourth-order valence-corrected chi connectivity index (χ4v) is 2.36. The Kier molecular flexibility index (Phi) is 4.04. The first-order valence-corrected chi connectivity index (χ1v) is 6.31. The van der Waals surface area contributed by atoms with Crippen LogP contribution in [0.2, 0.25) is 0 Å². The molecule has 19 heavy (non-hydrogen) atoms. The third-order valence-corrected chi connectivity index (χ3v) is 3.44. The number of hydrogen-bond donors (Lipinski definition) is 1. The summed E-state index contributed by atoms with van der Waals surface area (Å²) in [6.45, 7) is 1.03. The number of anilines is 1. The molecule has 1 aromatic rings. The third kappa shape index (κ3) is 2.70. The van der Waals surface area contributed by atoms with Gasteiger partial charge in [-0.05, 0) is 18.6 Å². The number of esters is 1. The lowest BCUT2D eigenvalue weighted by Gasteiger charge is -2.18. The summed E-state index contributed by atoms with van der Waals surface area (Å²) in [5, 5.41) is 3.01. The topological polar surface area (TPSA) is 58.6 Å². The zero-order valence-electron chi connectivity index (χ0n) is 11.2. The molecule has 1 fully saturated rings. The first kappa shape index (κ1) is 13.4. The van der Waals surface area contributed by atoms with Gasteiger partial charge < -0.3 is 15.0 Å². The van der Waals surface area contributed by atoms with Crippen LogP contribution in [0.1, 0.15) is 16.8 Å². The molecule has 0 radical (unpaired) electrons. The lowest BCUT2D eigenvalue weighted by Crippen LogP contribution is -2.30. The molecule has 1 unspecified atom stereocenters. The van der Waals surface area contributed by atoms with Crippen LogP contribution in [0.3, 0.4) is 0 Å². The van der Waals surface area contributed by atoms with Crippen LogP contribution in [0.25, 0.3) is 0 Å². The van der Waals surface area contributed by atoms with Crippen molar-refractivity contribution in [1.29, 1.82) is 0 Å². The van der Waals surface area contributed by atoms with Gasteiger partial charge in [0.1, 0.15) is 0 Å². The number of methoxy groups -OCH3 is 1. The average Bonchev–Trinajstić information content (AvgIpc) is 2.95.